The highest BCUT2D eigenvalue weighted by Crippen LogP contribution is 2.53. The summed E-state index contributed by atoms with van der Waals surface area (Å²) in [5, 5.41) is 10.1. The van der Waals surface area contributed by atoms with Crippen LogP contribution < -0.4 is 0 Å². The molecule has 0 aromatic carbocycles. The Morgan fingerprint density at radius 1 is 0.920 bits per heavy atom. The van der Waals surface area contributed by atoms with Crippen molar-refractivity contribution < 1.29 is 55.7 Å². The van der Waals surface area contributed by atoms with Gasteiger partial charge in [-0.25, -0.2) is 9.13 Å². The standard InChI is InChI=1S/C10H23O12P3/c1-16-23(12)20-8-6-10(21-24(13,14)17-2)9(5-7(8)11)22-25(15,18-3)19-4/h7-12H,5-6H2,1-4H3,(H,13,14). The van der Waals surface area contributed by atoms with Gasteiger partial charge in [-0.2, -0.15) is 0 Å². The molecule has 0 heterocycles. The topological polar surface area (TPSA) is 159 Å². The fraction of sp³-hybridized carbons (Fsp3) is 1.00. The Balaban J connectivity index is 2.97. The average Bonchev–Trinajstić information content (AvgIpc) is 2.58. The summed E-state index contributed by atoms with van der Waals surface area (Å²) < 4.78 is 57.5. The van der Waals surface area contributed by atoms with Crippen molar-refractivity contribution in [3.05, 3.63) is 0 Å². The third kappa shape index (κ3) is 7.20. The van der Waals surface area contributed by atoms with Gasteiger partial charge in [0.2, 0.25) is 0 Å². The van der Waals surface area contributed by atoms with E-state index in [9.17, 15) is 24.0 Å². The van der Waals surface area contributed by atoms with Crippen LogP contribution in [0.1, 0.15) is 12.8 Å². The first-order valence-corrected chi connectivity index (χ1v) is 11.0. The molecule has 150 valence electrons. The minimum absolute atomic E-state index is 0.185. The Bertz CT molecular complexity index is 496. The summed E-state index contributed by atoms with van der Waals surface area (Å²) in [5.41, 5.74) is 0. The molecule has 1 saturated carbocycles. The second-order valence-corrected chi connectivity index (χ2v) is 9.25. The van der Waals surface area contributed by atoms with Gasteiger partial charge in [0.25, 0.3) is 0 Å². The maximum atomic E-state index is 12.2. The SMILES string of the molecule is COP(O)OC1CC(OP(=O)(O)OC)C(OP(=O)(OC)OC)CC1O. The minimum Gasteiger partial charge on any atom is -0.390 e. The molecule has 0 amide bonds. The van der Waals surface area contributed by atoms with Gasteiger partial charge < -0.3 is 23.9 Å². The maximum absolute atomic E-state index is 12.2. The molecule has 12 nitrogen and oxygen atoms in total. The highest BCUT2D eigenvalue weighted by atomic mass is 31.2. The zero-order valence-corrected chi connectivity index (χ0v) is 16.8. The molecule has 0 saturated heterocycles. The summed E-state index contributed by atoms with van der Waals surface area (Å²) in [6, 6.07) is 0. The first-order valence-electron chi connectivity index (χ1n) is 6.94. The molecule has 1 rings (SSSR count). The lowest BCUT2D eigenvalue weighted by Crippen LogP contribution is -2.47. The number of aliphatic hydroxyl groups is 1. The van der Waals surface area contributed by atoms with E-state index in [-0.39, 0.29) is 12.8 Å². The van der Waals surface area contributed by atoms with E-state index in [4.69, 9.17) is 13.6 Å². The third-order valence-corrected chi connectivity index (χ3v) is 6.56. The molecule has 0 radical (unpaired) electrons. The van der Waals surface area contributed by atoms with E-state index in [0.29, 0.717) is 0 Å². The van der Waals surface area contributed by atoms with E-state index in [1.54, 1.807) is 0 Å². The van der Waals surface area contributed by atoms with Crippen molar-refractivity contribution >= 4 is 24.2 Å². The van der Waals surface area contributed by atoms with Crippen molar-refractivity contribution in [2.24, 2.45) is 0 Å². The predicted octanol–water partition coefficient (Wildman–Crippen LogP) is 1.31. The molecule has 0 aromatic heterocycles. The molecule has 25 heavy (non-hydrogen) atoms. The number of rotatable bonds is 10. The monoisotopic (exact) mass is 428 g/mol. The fourth-order valence-corrected chi connectivity index (χ4v) is 4.18. The molecule has 3 N–H and O–H groups in total. The molecule has 6 atom stereocenters. The van der Waals surface area contributed by atoms with Crippen LogP contribution in [0, 0.1) is 0 Å². The van der Waals surface area contributed by atoms with Crippen LogP contribution in [0.3, 0.4) is 0 Å². The molecule has 0 aromatic rings. The van der Waals surface area contributed by atoms with Gasteiger partial charge in [0.05, 0.1) is 24.4 Å². The van der Waals surface area contributed by atoms with Gasteiger partial charge in [-0.15, -0.1) is 0 Å². The molecule has 0 bridgehead atoms. The summed E-state index contributed by atoms with van der Waals surface area (Å²) in [7, 11) is -6.27. The normalized spacial score (nSPS) is 31.5. The summed E-state index contributed by atoms with van der Waals surface area (Å²) in [6.07, 6.45) is -4.85. The molecule has 1 aliphatic carbocycles. The van der Waals surface area contributed by atoms with Crippen LogP contribution in [0.2, 0.25) is 0 Å². The van der Waals surface area contributed by atoms with Gasteiger partial charge in [0.15, 0.2) is 0 Å². The molecule has 1 fully saturated rings. The molecule has 0 spiro atoms. The Hall–Kier alpha value is 0.490. The van der Waals surface area contributed by atoms with Gasteiger partial charge >= 0.3 is 24.2 Å². The number of hydrogen-bond donors (Lipinski definition) is 3. The van der Waals surface area contributed by atoms with Crippen molar-refractivity contribution in [2.45, 2.75) is 37.3 Å². The molecular formula is C10H23O12P3. The van der Waals surface area contributed by atoms with Gasteiger partial charge in [-0.1, -0.05) is 0 Å². The molecule has 0 aliphatic heterocycles. The quantitative estimate of drug-likeness (QED) is 0.429. The van der Waals surface area contributed by atoms with Crippen LogP contribution in [-0.2, 0) is 40.8 Å². The van der Waals surface area contributed by atoms with E-state index in [1.165, 1.54) is 7.11 Å². The highest BCUT2D eigenvalue weighted by molar-refractivity contribution is 7.48. The lowest BCUT2D eigenvalue weighted by Gasteiger charge is -2.39. The van der Waals surface area contributed by atoms with Crippen LogP contribution in [0.15, 0.2) is 0 Å². The van der Waals surface area contributed by atoms with E-state index in [2.05, 4.69) is 18.1 Å². The molecular weight excluding hydrogens is 405 g/mol. The van der Waals surface area contributed by atoms with Crippen LogP contribution >= 0.6 is 24.2 Å². The Morgan fingerprint density at radius 3 is 1.96 bits per heavy atom. The van der Waals surface area contributed by atoms with E-state index >= 15 is 0 Å². The van der Waals surface area contributed by atoms with Crippen molar-refractivity contribution in [1.82, 2.24) is 0 Å². The van der Waals surface area contributed by atoms with Crippen LogP contribution in [-0.4, -0.2) is 67.7 Å². The third-order valence-electron chi connectivity index (χ3n) is 3.38. The predicted molar refractivity (Wildman–Crippen MR) is 84.5 cm³/mol. The zero-order chi connectivity index (χ0) is 19.3. The van der Waals surface area contributed by atoms with Crippen LogP contribution in [0.25, 0.3) is 0 Å². The lowest BCUT2D eigenvalue weighted by atomic mass is 9.90. The summed E-state index contributed by atoms with van der Waals surface area (Å²) in [6.45, 7) is 0. The fourth-order valence-electron chi connectivity index (χ4n) is 2.11. The Morgan fingerprint density at radius 2 is 1.48 bits per heavy atom. The van der Waals surface area contributed by atoms with Crippen LogP contribution in [0.5, 0.6) is 0 Å². The van der Waals surface area contributed by atoms with E-state index in [0.717, 1.165) is 21.3 Å². The number of phosphoric acid groups is 2. The first kappa shape index (κ1) is 23.5. The molecule has 1 aliphatic rings. The second-order valence-electron chi connectivity index (χ2n) is 4.85. The van der Waals surface area contributed by atoms with Crippen molar-refractivity contribution in [3.63, 3.8) is 0 Å². The van der Waals surface area contributed by atoms with Crippen molar-refractivity contribution in [1.29, 1.82) is 0 Å². The van der Waals surface area contributed by atoms with E-state index in [1.807, 2.05) is 0 Å². The van der Waals surface area contributed by atoms with Gasteiger partial charge in [0.1, 0.15) is 0 Å². The van der Waals surface area contributed by atoms with Crippen molar-refractivity contribution in [2.75, 3.05) is 28.4 Å². The largest absolute Gasteiger partial charge is 0.474 e. The number of aliphatic hydroxyl groups excluding tert-OH is 1. The average molecular weight is 428 g/mol. The molecule has 6 unspecified atom stereocenters. The maximum Gasteiger partial charge on any atom is 0.474 e. The first-order chi connectivity index (χ1) is 11.6. The summed E-state index contributed by atoms with van der Waals surface area (Å²) in [4.78, 5) is 19.0. The Labute approximate surface area is 146 Å². The zero-order valence-electron chi connectivity index (χ0n) is 14.1. The van der Waals surface area contributed by atoms with Crippen molar-refractivity contribution in [3.8, 4) is 0 Å². The minimum atomic E-state index is -4.43. The van der Waals surface area contributed by atoms with Gasteiger partial charge in [-0.3, -0.25) is 22.6 Å². The highest BCUT2D eigenvalue weighted by Gasteiger charge is 2.45. The Kier molecular flexibility index (Phi) is 9.55. The summed E-state index contributed by atoms with van der Waals surface area (Å²) in [5.74, 6) is 0. The molecule has 15 heteroatoms. The second kappa shape index (κ2) is 10.1. The van der Waals surface area contributed by atoms with Gasteiger partial charge in [0, 0.05) is 41.3 Å². The number of hydrogen-bond acceptors (Lipinski definition) is 11. The smallest absolute Gasteiger partial charge is 0.390 e. The summed E-state index contributed by atoms with van der Waals surface area (Å²) >= 11 is 0. The van der Waals surface area contributed by atoms with Crippen LogP contribution in [0.4, 0.5) is 0 Å². The lowest BCUT2D eigenvalue weighted by molar-refractivity contribution is -0.0982. The van der Waals surface area contributed by atoms with E-state index < -0.39 is 48.7 Å². The number of phosphoric ester groups is 2. The van der Waals surface area contributed by atoms with Gasteiger partial charge in [-0.05, 0) is 0 Å².